The lowest BCUT2D eigenvalue weighted by Crippen LogP contribution is -2.15. The van der Waals surface area contributed by atoms with Crippen LogP contribution in [0.15, 0.2) is 53.0 Å². The molecular formula is C19H17BrO4. The van der Waals surface area contributed by atoms with Crippen LogP contribution in [0.2, 0.25) is 0 Å². The van der Waals surface area contributed by atoms with E-state index in [0.717, 1.165) is 10.0 Å². The first kappa shape index (κ1) is 18.1. The van der Waals surface area contributed by atoms with E-state index in [9.17, 15) is 14.4 Å². The number of carbonyl (C=O) groups excluding carboxylic acids is 3. The van der Waals surface area contributed by atoms with Crippen LogP contribution in [0.25, 0.3) is 0 Å². The van der Waals surface area contributed by atoms with Crippen molar-refractivity contribution in [2.75, 3.05) is 6.61 Å². The zero-order chi connectivity index (χ0) is 17.5. The number of Topliss-reactive ketones (excluding diaryl/α,β-unsaturated/α-hetero) is 2. The topological polar surface area (TPSA) is 60.4 Å². The van der Waals surface area contributed by atoms with Crippen LogP contribution in [0.3, 0.4) is 0 Å². The maximum absolute atomic E-state index is 12.0. The Balaban J connectivity index is 1.77. The number of hydrogen-bond donors (Lipinski definition) is 0. The molecule has 0 N–H and O–H groups in total. The minimum Gasteiger partial charge on any atom is -0.457 e. The Bertz CT molecular complexity index is 669. The van der Waals surface area contributed by atoms with E-state index in [1.165, 1.54) is 0 Å². The lowest BCUT2D eigenvalue weighted by molar-refractivity contribution is -0.142. The van der Waals surface area contributed by atoms with Gasteiger partial charge in [0, 0.05) is 22.0 Å². The summed E-state index contributed by atoms with van der Waals surface area (Å²) in [5, 5.41) is 0. The summed E-state index contributed by atoms with van der Waals surface area (Å²) >= 11 is 3.30. The van der Waals surface area contributed by atoms with Gasteiger partial charge < -0.3 is 4.74 Å². The van der Waals surface area contributed by atoms with E-state index in [2.05, 4.69) is 15.9 Å². The molecule has 0 radical (unpaired) electrons. The molecule has 0 heterocycles. The lowest BCUT2D eigenvalue weighted by Gasteiger charge is -2.05. The van der Waals surface area contributed by atoms with Crippen molar-refractivity contribution < 1.29 is 19.1 Å². The Labute approximate surface area is 149 Å². The molecule has 0 unspecified atom stereocenters. The fourth-order valence-electron chi connectivity index (χ4n) is 2.04. The Morgan fingerprint density at radius 3 is 2.00 bits per heavy atom. The number of aryl methyl sites for hydroxylation is 1. The number of benzene rings is 2. The third-order valence-electron chi connectivity index (χ3n) is 3.46. The van der Waals surface area contributed by atoms with E-state index in [-0.39, 0.29) is 31.0 Å². The van der Waals surface area contributed by atoms with Crippen LogP contribution in [0.1, 0.15) is 39.1 Å². The zero-order valence-electron chi connectivity index (χ0n) is 13.3. The van der Waals surface area contributed by atoms with E-state index in [0.29, 0.717) is 11.1 Å². The number of esters is 1. The first-order valence-electron chi connectivity index (χ1n) is 7.50. The largest absolute Gasteiger partial charge is 0.457 e. The summed E-state index contributed by atoms with van der Waals surface area (Å²) in [5.74, 6) is -0.951. The van der Waals surface area contributed by atoms with Gasteiger partial charge in [0.15, 0.2) is 18.2 Å². The van der Waals surface area contributed by atoms with Crippen LogP contribution in [0, 0.1) is 6.92 Å². The van der Waals surface area contributed by atoms with Gasteiger partial charge in [-0.3, -0.25) is 14.4 Å². The van der Waals surface area contributed by atoms with Crippen LogP contribution < -0.4 is 0 Å². The van der Waals surface area contributed by atoms with Crippen molar-refractivity contribution in [3.8, 4) is 0 Å². The molecule has 0 saturated heterocycles. The van der Waals surface area contributed by atoms with Crippen molar-refractivity contribution in [3.63, 3.8) is 0 Å². The van der Waals surface area contributed by atoms with Crippen molar-refractivity contribution in [2.45, 2.75) is 19.8 Å². The molecule has 0 amide bonds. The molecule has 0 fully saturated rings. The molecular weight excluding hydrogens is 372 g/mol. The molecule has 0 atom stereocenters. The van der Waals surface area contributed by atoms with Crippen molar-refractivity contribution in [1.82, 2.24) is 0 Å². The van der Waals surface area contributed by atoms with Crippen molar-refractivity contribution in [3.05, 3.63) is 69.7 Å². The predicted octanol–water partition coefficient (Wildman–Crippen LogP) is 4.15. The average Bonchev–Trinajstić information content (AvgIpc) is 2.58. The Morgan fingerprint density at radius 2 is 1.38 bits per heavy atom. The molecule has 0 aromatic heterocycles. The number of carbonyl (C=O) groups is 3. The number of ether oxygens (including phenoxy) is 1. The first-order valence-corrected chi connectivity index (χ1v) is 8.29. The van der Waals surface area contributed by atoms with E-state index < -0.39 is 5.97 Å². The van der Waals surface area contributed by atoms with Gasteiger partial charge in [-0.25, -0.2) is 0 Å². The third-order valence-corrected chi connectivity index (χ3v) is 3.99. The molecule has 2 aromatic rings. The molecule has 0 bridgehead atoms. The Hall–Kier alpha value is -2.27. The molecule has 0 aliphatic carbocycles. The normalized spacial score (nSPS) is 10.2. The fraction of sp³-hybridized carbons (Fsp3) is 0.211. The highest BCUT2D eigenvalue weighted by Gasteiger charge is 2.13. The highest BCUT2D eigenvalue weighted by atomic mass is 79.9. The van der Waals surface area contributed by atoms with Crippen molar-refractivity contribution in [2.24, 2.45) is 0 Å². The highest BCUT2D eigenvalue weighted by molar-refractivity contribution is 9.10. The van der Waals surface area contributed by atoms with E-state index in [4.69, 9.17) is 4.74 Å². The minimum absolute atomic E-state index is 0.0456. The standard InChI is InChI=1S/C19H17BrO4/c1-13-2-4-15(5-3-13)18(22)12-24-19(23)11-10-17(21)14-6-8-16(20)9-7-14/h2-9H,10-12H2,1H3. The molecule has 5 heteroatoms. The first-order chi connectivity index (χ1) is 11.5. The van der Waals surface area contributed by atoms with Gasteiger partial charge in [0.25, 0.3) is 0 Å². The van der Waals surface area contributed by atoms with E-state index >= 15 is 0 Å². The molecule has 24 heavy (non-hydrogen) atoms. The van der Waals surface area contributed by atoms with Crippen LogP contribution in [0.5, 0.6) is 0 Å². The van der Waals surface area contributed by atoms with Gasteiger partial charge in [-0.15, -0.1) is 0 Å². The second-order valence-corrected chi connectivity index (χ2v) is 6.30. The van der Waals surface area contributed by atoms with Crippen LogP contribution in [-0.2, 0) is 9.53 Å². The minimum atomic E-state index is -0.555. The van der Waals surface area contributed by atoms with Crippen LogP contribution >= 0.6 is 15.9 Å². The highest BCUT2D eigenvalue weighted by Crippen LogP contribution is 2.13. The van der Waals surface area contributed by atoms with Gasteiger partial charge in [-0.2, -0.15) is 0 Å². The van der Waals surface area contributed by atoms with Gasteiger partial charge in [-0.05, 0) is 19.1 Å². The number of rotatable bonds is 7. The second-order valence-electron chi connectivity index (χ2n) is 5.38. The van der Waals surface area contributed by atoms with Crippen LogP contribution in [0.4, 0.5) is 0 Å². The van der Waals surface area contributed by atoms with Crippen molar-refractivity contribution >= 4 is 33.5 Å². The van der Waals surface area contributed by atoms with Gasteiger partial charge in [0.2, 0.25) is 0 Å². The predicted molar refractivity (Wildman–Crippen MR) is 94.2 cm³/mol. The quantitative estimate of drug-likeness (QED) is 0.527. The van der Waals surface area contributed by atoms with Gasteiger partial charge in [0.1, 0.15) is 0 Å². The smallest absolute Gasteiger partial charge is 0.306 e. The maximum Gasteiger partial charge on any atom is 0.306 e. The van der Waals surface area contributed by atoms with Gasteiger partial charge in [-0.1, -0.05) is 57.9 Å². The molecule has 0 saturated carbocycles. The van der Waals surface area contributed by atoms with E-state index in [1.807, 2.05) is 19.1 Å². The van der Waals surface area contributed by atoms with Gasteiger partial charge >= 0.3 is 5.97 Å². The molecule has 0 aliphatic heterocycles. The fourth-order valence-corrected chi connectivity index (χ4v) is 2.30. The summed E-state index contributed by atoms with van der Waals surface area (Å²) < 4.78 is 5.83. The summed E-state index contributed by atoms with van der Waals surface area (Å²) in [7, 11) is 0. The molecule has 0 aliphatic rings. The van der Waals surface area contributed by atoms with Gasteiger partial charge in [0.05, 0.1) is 6.42 Å². The molecule has 0 spiro atoms. The van der Waals surface area contributed by atoms with Crippen LogP contribution in [-0.4, -0.2) is 24.1 Å². The monoisotopic (exact) mass is 388 g/mol. The van der Waals surface area contributed by atoms with E-state index in [1.54, 1.807) is 36.4 Å². The second kappa shape index (κ2) is 8.55. The summed E-state index contributed by atoms with van der Waals surface area (Å²) in [4.78, 5) is 35.6. The Kier molecular flexibility index (Phi) is 6.44. The molecule has 4 nitrogen and oxygen atoms in total. The summed E-state index contributed by atoms with van der Waals surface area (Å²) in [6.45, 7) is 1.62. The third kappa shape index (κ3) is 5.42. The lowest BCUT2D eigenvalue weighted by atomic mass is 10.1. The SMILES string of the molecule is Cc1ccc(C(=O)COC(=O)CCC(=O)c2ccc(Br)cc2)cc1. The number of ketones is 2. The summed E-state index contributed by atoms with van der Waals surface area (Å²) in [6.07, 6.45) is 0.00919. The summed E-state index contributed by atoms with van der Waals surface area (Å²) in [5.41, 5.74) is 2.09. The van der Waals surface area contributed by atoms with Crippen molar-refractivity contribution in [1.29, 1.82) is 0 Å². The summed E-state index contributed by atoms with van der Waals surface area (Å²) in [6, 6.07) is 14.0. The average molecular weight is 389 g/mol. The molecule has 2 rings (SSSR count). The zero-order valence-corrected chi connectivity index (χ0v) is 14.8. The Morgan fingerprint density at radius 1 is 0.833 bits per heavy atom. The maximum atomic E-state index is 12.0. The number of hydrogen-bond acceptors (Lipinski definition) is 4. The molecule has 124 valence electrons. The number of halogens is 1. The molecule has 2 aromatic carbocycles.